The zero-order valence-electron chi connectivity index (χ0n) is 15.7. The van der Waals surface area contributed by atoms with Crippen LogP contribution in [0.15, 0.2) is 18.2 Å². The molecule has 0 atom stereocenters. The molecular weight excluding hydrogens is 316 g/mol. The Morgan fingerprint density at radius 1 is 1.28 bits per heavy atom. The Balaban J connectivity index is 2.02. The molecule has 0 radical (unpaired) electrons. The first-order valence-corrected chi connectivity index (χ1v) is 8.95. The third kappa shape index (κ3) is 3.41. The number of aromatic nitrogens is 2. The summed E-state index contributed by atoms with van der Waals surface area (Å²) < 4.78 is 9.18. The van der Waals surface area contributed by atoms with Crippen molar-refractivity contribution in [3.63, 3.8) is 0 Å². The van der Waals surface area contributed by atoms with Crippen LogP contribution >= 0.6 is 0 Å². The van der Waals surface area contributed by atoms with Gasteiger partial charge in [0.05, 0.1) is 25.2 Å². The highest BCUT2D eigenvalue weighted by Crippen LogP contribution is 2.25. The van der Waals surface area contributed by atoms with Crippen molar-refractivity contribution in [1.29, 1.82) is 0 Å². The van der Waals surface area contributed by atoms with Crippen LogP contribution in [0, 0.1) is 12.3 Å². The number of imidazole rings is 1. The standard InChI is InChI=1S/C19H28N4O2/c1-14-6-5-7-15-16(14)23(17(24)19(2,3)4)18(20)22(15)9-8-21-10-12-25-13-11-21/h5-7,20H,8-13H2,1-4H3/p+1. The number of benzene rings is 1. The van der Waals surface area contributed by atoms with Gasteiger partial charge in [0.15, 0.2) is 5.52 Å². The van der Waals surface area contributed by atoms with Crippen molar-refractivity contribution < 1.29 is 14.1 Å². The second-order valence-electron chi connectivity index (χ2n) is 7.80. The number of nitrogen functional groups attached to an aromatic ring is 1. The van der Waals surface area contributed by atoms with Crippen LogP contribution in [0.25, 0.3) is 11.0 Å². The van der Waals surface area contributed by atoms with Gasteiger partial charge < -0.3 is 4.74 Å². The molecule has 1 aromatic carbocycles. The Morgan fingerprint density at radius 2 is 1.96 bits per heavy atom. The predicted octanol–water partition coefficient (Wildman–Crippen LogP) is 1.84. The van der Waals surface area contributed by atoms with Crippen molar-refractivity contribution in [2.45, 2.75) is 34.2 Å². The summed E-state index contributed by atoms with van der Waals surface area (Å²) in [5, 5.41) is 0. The number of hydrogen-bond donors (Lipinski definition) is 1. The largest absolute Gasteiger partial charge is 0.379 e. The first kappa shape index (κ1) is 17.9. The molecule has 2 N–H and O–H groups in total. The third-order valence-corrected chi connectivity index (χ3v) is 4.82. The van der Waals surface area contributed by atoms with Crippen LogP contribution in [0.5, 0.6) is 0 Å². The summed E-state index contributed by atoms with van der Waals surface area (Å²) in [4.78, 5) is 15.4. The first-order valence-electron chi connectivity index (χ1n) is 8.95. The molecule has 0 unspecified atom stereocenters. The van der Waals surface area contributed by atoms with Crippen LogP contribution in [0.1, 0.15) is 31.1 Å². The van der Waals surface area contributed by atoms with E-state index in [4.69, 9.17) is 10.5 Å². The molecule has 1 aliphatic rings. The summed E-state index contributed by atoms with van der Waals surface area (Å²) in [6.07, 6.45) is 0. The Bertz CT molecular complexity index is 783. The maximum absolute atomic E-state index is 13.0. The molecule has 1 aliphatic heterocycles. The second-order valence-corrected chi connectivity index (χ2v) is 7.80. The minimum absolute atomic E-state index is 0.0226. The average Bonchev–Trinajstić information content (AvgIpc) is 2.85. The van der Waals surface area contributed by atoms with Crippen molar-refractivity contribution in [2.24, 2.45) is 5.41 Å². The lowest BCUT2D eigenvalue weighted by Crippen LogP contribution is -2.46. The molecular formula is C19H29N4O2+. The lowest BCUT2D eigenvalue weighted by atomic mass is 9.95. The molecule has 2 heterocycles. The van der Waals surface area contributed by atoms with E-state index in [-0.39, 0.29) is 5.91 Å². The van der Waals surface area contributed by atoms with Crippen molar-refractivity contribution in [1.82, 2.24) is 9.47 Å². The van der Waals surface area contributed by atoms with E-state index < -0.39 is 5.41 Å². The van der Waals surface area contributed by atoms with E-state index in [9.17, 15) is 4.79 Å². The SMILES string of the molecule is Cc1cccc2c1n(C(=O)C(C)(C)C)c(N)[n+]2CCN1CCOCC1. The van der Waals surface area contributed by atoms with Gasteiger partial charge in [-0.3, -0.25) is 15.4 Å². The Morgan fingerprint density at radius 3 is 2.60 bits per heavy atom. The summed E-state index contributed by atoms with van der Waals surface area (Å²) in [5.41, 5.74) is 8.96. The Labute approximate surface area is 149 Å². The van der Waals surface area contributed by atoms with E-state index in [2.05, 4.69) is 9.47 Å². The number of anilines is 1. The quantitative estimate of drug-likeness (QED) is 0.862. The molecule has 0 aliphatic carbocycles. The number of hydrogen-bond acceptors (Lipinski definition) is 4. The summed E-state index contributed by atoms with van der Waals surface area (Å²) in [7, 11) is 0. The van der Waals surface area contributed by atoms with Crippen LogP contribution in [0.3, 0.4) is 0 Å². The van der Waals surface area contributed by atoms with E-state index >= 15 is 0 Å². The highest BCUT2D eigenvalue weighted by Gasteiger charge is 2.34. The van der Waals surface area contributed by atoms with Gasteiger partial charge in [-0.25, -0.2) is 4.57 Å². The number of carbonyl (C=O) groups excluding carboxylic acids is 1. The maximum Gasteiger partial charge on any atom is 0.363 e. The predicted molar refractivity (Wildman–Crippen MR) is 98.6 cm³/mol. The van der Waals surface area contributed by atoms with Crippen molar-refractivity contribution >= 4 is 22.9 Å². The highest BCUT2D eigenvalue weighted by molar-refractivity contribution is 5.95. The molecule has 1 fully saturated rings. The molecule has 0 saturated carbocycles. The van der Waals surface area contributed by atoms with E-state index in [0.717, 1.165) is 56.0 Å². The van der Waals surface area contributed by atoms with E-state index in [1.807, 2.05) is 45.9 Å². The molecule has 2 aromatic rings. The van der Waals surface area contributed by atoms with Gasteiger partial charge in [-0.15, -0.1) is 0 Å². The van der Waals surface area contributed by atoms with Gasteiger partial charge in [-0.1, -0.05) is 12.1 Å². The molecule has 6 nitrogen and oxygen atoms in total. The van der Waals surface area contributed by atoms with Crippen LogP contribution in [0.4, 0.5) is 5.95 Å². The fourth-order valence-electron chi connectivity index (χ4n) is 3.35. The highest BCUT2D eigenvalue weighted by atomic mass is 16.5. The molecule has 0 spiro atoms. The van der Waals surface area contributed by atoms with Gasteiger partial charge in [0.25, 0.3) is 5.91 Å². The van der Waals surface area contributed by atoms with E-state index in [1.165, 1.54) is 0 Å². The summed E-state index contributed by atoms with van der Waals surface area (Å²) in [5.74, 6) is 0.534. The second kappa shape index (κ2) is 6.77. The molecule has 6 heteroatoms. The minimum Gasteiger partial charge on any atom is -0.379 e. The Hall–Kier alpha value is -1.92. The van der Waals surface area contributed by atoms with Gasteiger partial charge in [0, 0.05) is 19.6 Å². The first-order chi connectivity index (χ1) is 11.8. The molecule has 25 heavy (non-hydrogen) atoms. The Kier molecular flexibility index (Phi) is 4.84. The van der Waals surface area contributed by atoms with Crippen LogP contribution < -0.4 is 10.3 Å². The van der Waals surface area contributed by atoms with Crippen molar-refractivity contribution in [3.05, 3.63) is 23.8 Å². The molecule has 1 saturated heterocycles. The topological polar surface area (TPSA) is 64.4 Å². The van der Waals surface area contributed by atoms with Gasteiger partial charge in [-0.05, 0) is 39.3 Å². The smallest absolute Gasteiger partial charge is 0.363 e. The normalized spacial score (nSPS) is 16.5. The van der Waals surface area contributed by atoms with Gasteiger partial charge in [0.2, 0.25) is 0 Å². The number of rotatable bonds is 3. The molecule has 3 rings (SSSR count). The summed E-state index contributed by atoms with van der Waals surface area (Å²) in [6.45, 7) is 12.9. The fraction of sp³-hybridized carbons (Fsp3) is 0.579. The zero-order valence-corrected chi connectivity index (χ0v) is 15.7. The molecule has 0 bridgehead atoms. The third-order valence-electron chi connectivity index (χ3n) is 4.82. The average molecular weight is 345 g/mol. The zero-order chi connectivity index (χ0) is 18.2. The number of ether oxygens (including phenoxy) is 1. The number of nitrogens with zero attached hydrogens (tertiary/aromatic N) is 3. The lowest BCUT2D eigenvalue weighted by Gasteiger charge is -2.26. The van der Waals surface area contributed by atoms with Gasteiger partial charge in [0.1, 0.15) is 5.52 Å². The van der Waals surface area contributed by atoms with Crippen LogP contribution in [0.2, 0.25) is 0 Å². The molecule has 136 valence electrons. The van der Waals surface area contributed by atoms with Crippen LogP contribution in [-0.2, 0) is 11.3 Å². The fourth-order valence-corrected chi connectivity index (χ4v) is 3.35. The van der Waals surface area contributed by atoms with Crippen molar-refractivity contribution in [3.8, 4) is 0 Å². The monoisotopic (exact) mass is 345 g/mol. The van der Waals surface area contributed by atoms with Gasteiger partial charge in [-0.2, -0.15) is 4.57 Å². The summed E-state index contributed by atoms with van der Waals surface area (Å²) >= 11 is 0. The number of fused-ring (bicyclic) bond motifs is 1. The number of aryl methyl sites for hydroxylation is 1. The number of para-hydroxylation sites is 1. The van der Waals surface area contributed by atoms with Crippen LogP contribution in [-0.4, -0.2) is 48.2 Å². The van der Waals surface area contributed by atoms with Crippen molar-refractivity contribution in [2.75, 3.05) is 38.6 Å². The molecule has 1 aromatic heterocycles. The molecule has 0 amide bonds. The lowest BCUT2D eigenvalue weighted by molar-refractivity contribution is -0.656. The van der Waals surface area contributed by atoms with E-state index in [0.29, 0.717) is 5.95 Å². The van der Waals surface area contributed by atoms with E-state index in [1.54, 1.807) is 4.57 Å². The summed E-state index contributed by atoms with van der Waals surface area (Å²) in [6, 6.07) is 6.10. The number of carbonyl (C=O) groups is 1. The maximum atomic E-state index is 13.0. The number of morpholine rings is 1. The van der Waals surface area contributed by atoms with Gasteiger partial charge >= 0.3 is 5.95 Å². The number of nitrogens with two attached hydrogens (primary N) is 1. The minimum atomic E-state index is -0.496.